The summed E-state index contributed by atoms with van der Waals surface area (Å²) in [5.41, 5.74) is 1.02. The van der Waals surface area contributed by atoms with Gasteiger partial charge in [0.05, 0.1) is 7.11 Å². The number of aliphatic carboxylic acids is 1. The average molecular weight is 199 g/mol. The van der Waals surface area contributed by atoms with Gasteiger partial charge < -0.3 is 15.2 Å². The lowest BCUT2D eigenvalue weighted by atomic mass is 9.76. The number of rotatable bonds is 3. The van der Waals surface area contributed by atoms with Crippen LogP contribution >= 0.6 is 0 Å². The predicted octanol–water partition coefficient (Wildman–Crippen LogP) is 0.762. The number of hydrogen-bond acceptors (Lipinski definition) is 3. The number of carboxylic acid groups (broad SMARTS) is 1. The van der Waals surface area contributed by atoms with Gasteiger partial charge in [-0.05, 0) is 18.8 Å². The summed E-state index contributed by atoms with van der Waals surface area (Å²) in [5, 5.41) is 11.1. The van der Waals surface area contributed by atoms with Crippen molar-refractivity contribution >= 4 is 12.1 Å². The Labute approximate surface area is 81.7 Å². The maximum atomic E-state index is 10.8. The number of allylic oxidation sites excluding steroid dienone is 1. The Hall–Kier alpha value is -1.52. The molecule has 14 heavy (non-hydrogen) atoms. The summed E-state index contributed by atoms with van der Waals surface area (Å²) < 4.78 is 4.34. The van der Waals surface area contributed by atoms with Gasteiger partial charge >= 0.3 is 12.1 Å². The number of carbonyl (C=O) groups excluding carboxylic acids is 1. The Bertz CT molecular complexity index is 266. The molecule has 1 amide bonds. The summed E-state index contributed by atoms with van der Waals surface area (Å²) in [6.45, 7) is 3.71. The Morgan fingerprint density at radius 3 is 2.57 bits per heavy atom. The summed E-state index contributed by atoms with van der Waals surface area (Å²) >= 11 is 0. The monoisotopic (exact) mass is 199 g/mol. The molecule has 1 rings (SSSR count). The van der Waals surface area contributed by atoms with Gasteiger partial charge in [0.15, 0.2) is 0 Å². The summed E-state index contributed by atoms with van der Waals surface area (Å²) in [5.74, 6) is -1.09. The molecular formula is C9H13NO4. The van der Waals surface area contributed by atoms with Crippen molar-refractivity contribution in [2.24, 2.45) is 5.92 Å². The van der Waals surface area contributed by atoms with E-state index < -0.39 is 18.1 Å². The van der Waals surface area contributed by atoms with E-state index in [0.29, 0.717) is 12.8 Å². The fourth-order valence-electron chi connectivity index (χ4n) is 1.48. The number of ether oxygens (including phenoxy) is 1. The molecule has 0 bridgehead atoms. The average Bonchev–Trinajstić information content (AvgIpc) is 2.08. The second-order valence-corrected chi connectivity index (χ2v) is 3.37. The second-order valence-electron chi connectivity index (χ2n) is 3.37. The second kappa shape index (κ2) is 4.13. The smallest absolute Gasteiger partial charge is 0.407 e. The van der Waals surface area contributed by atoms with Gasteiger partial charge in [-0.15, -0.1) is 0 Å². The van der Waals surface area contributed by atoms with Crippen molar-refractivity contribution < 1.29 is 19.4 Å². The van der Waals surface area contributed by atoms with Gasteiger partial charge in [-0.2, -0.15) is 0 Å². The molecular weight excluding hydrogens is 186 g/mol. The first kappa shape index (κ1) is 10.6. The summed E-state index contributed by atoms with van der Waals surface area (Å²) in [4.78, 5) is 21.6. The maximum absolute atomic E-state index is 10.8. The van der Waals surface area contributed by atoms with E-state index in [-0.39, 0.29) is 5.92 Å². The van der Waals surface area contributed by atoms with Crippen molar-refractivity contribution in [1.82, 2.24) is 5.32 Å². The van der Waals surface area contributed by atoms with E-state index >= 15 is 0 Å². The van der Waals surface area contributed by atoms with E-state index in [1.807, 2.05) is 0 Å². The summed E-state index contributed by atoms with van der Waals surface area (Å²) in [7, 11) is 1.20. The molecule has 1 unspecified atom stereocenters. The zero-order chi connectivity index (χ0) is 10.7. The van der Waals surface area contributed by atoms with Crippen LogP contribution in [-0.2, 0) is 9.53 Å². The molecule has 1 fully saturated rings. The largest absolute Gasteiger partial charge is 0.480 e. The van der Waals surface area contributed by atoms with Crippen molar-refractivity contribution in [3.05, 3.63) is 12.2 Å². The zero-order valence-electron chi connectivity index (χ0n) is 7.95. The molecule has 0 saturated heterocycles. The van der Waals surface area contributed by atoms with Crippen molar-refractivity contribution in [3.63, 3.8) is 0 Å². The van der Waals surface area contributed by atoms with E-state index in [9.17, 15) is 9.59 Å². The molecule has 0 radical (unpaired) electrons. The molecule has 78 valence electrons. The number of hydrogen-bond donors (Lipinski definition) is 2. The number of amides is 1. The van der Waals surface area contributed by atoms with Crippen molar-refractivity contribution in [2.75, 3.05) is 7.11 Å². The third-order valence-electron chi connectivity index (χ3n) is 2.30. The number of methoxy groups -OCH3 is 1. The minimum Gasteiger partial charge on any atom is -0.480 e. The topological polar surface area (TPSA) is 75.6 Å². The van der Waals surface area contributed by atoms with Gasteiger partial charge in [0.2, 0.25) is 0 Å². The van der Waals surface area contributed by atoms with Gasteiger partial charge in [-0.1, -0.05) is 12.2 Å². The Morgan fingerprint density at radius 2 is 2.21 bits per heavy atom. The van der Waals surface area contributed by atoms with Gasteiger partial charge in [0.1, 0.15) is 6.04 Å². The van der Waals surface area contributed by atoms with E-state index in [0.717, 1.165) is 5.57 Å². The summed E-state index contributed by atoms with van der Waals surface area (Å²) in [6, 6.07) is -0.868. The van der Waals surface area contributed by atoms with Crippen LogP contribution in [0.15, 0.2) is 12.2 Å². The fraction of sp³-hybridized carbons (Fsp3) is 0.556. The Balaban J connectivity index is 2.52. The molecule has 5 heteroatoms. The van der Waals surface area contributed by atoms with Crippen molar-refractivity contribution in [2.45, 2.75) is 18.9 Å². The lowest BCUT2D eigenvalue weighted by molar-refractivity contribution is -0.141. The van der Waals surface area contributed by atoms with Crippen molar-refractivity contribution in [3.8, 4) is 0 Å². The molecule has 0 aliphatic heterocycles. The van der Waals surface area contributed by atoms with Crippen LogP contribution in [0.1, 0.15) is 12.8 Å². The van der Waals surface area contributed by atoms with Gasteiger partial charge in [-0.25, -0.2) is 9.59 Å². The van der Waals surface area contributed by atoms with Crippen LogP contribution in [0.4, 0.5) is 4.79 Å². The van der Waals surface area contributed by atoms with Crippen LogP contribution in [-0.4, -0.2) is 30.3 Å². The Kier molecular flexibility index (Phi) is 3.11. The first-order chi connectivity index (χ1) is 6.54. The minimum atomic E-state index is -1.03. The lowest BCUT2D eigenvalue weighted by Gasteiger charge is -2.33. The van der Waals surface area contributed by atoms with Crippen LogP contribution in [0.5, 0.6) is 0 Å². The fourth-order valence-corrected chi connectivity index (χ4v) is 1.48. The molecule has 1 aliphatic carbocycles. The normalized spacial score (nSPS) is 18.2. The highest BCUT2D eigenvalue weighted by Gasteiger charge is 2.35. The maximum Gasteiger partial charge on any atom is 0.407 e. The predicted molar refractivity (Wildman–Crippen MR) is 48.8 cm³/mol. The zero-order valence-corrected chi connectivity index (χ0v) is 7.95. The minimum absolute atomic E-state index is 0.0564. The first-order valence-corrected chi connectivity index (χ1v) is 4.28. The molecule has 1 saturated carbocycles. The van der Waals surface area contributed by atoms with Crippen LogP contribution in [0.2, 0.25) is 0 Å². The molecule has 2 N–H and O–H groups in total. The van der Waals surface area contributed by atoms with E-state index in [4.69, 9.17) is 5.11 Å². The van der Waals surface area contributed by atoms with Crippen molar-refractivity contribution in [1.29, 1.82) is 0 Å². The van der Waals surface area contributed by atoms with E-state index in [2.05, 4.69) is 16.6 Å². The molecule has 1 aliphatic rings. The third kappa shape index (κ3) is 2.25. The number of alkyl carbamates (subject to hydrolysis) is 1. The SMILES string of the molecule is C=C1CC(C(NC(=O)OC)C(=O)O)C1. The molecule has 1 atom stereocenters. The molecule has 0 heterocycles. The van der Waals surface area contributed by atoms with E-state index in [1.165, 1.54) is 7.11 Å². The number of nitrogens with one attached hydrogen (secondary N) is 1. The van der Waals surface area contributed by atoms with E-state index in [1.54, 1.807) is 0 Å². The highest BCUT2D eigenvalue weighted by Crippen LogP contribution is 2.34. The van der Waals surface area contributed by atoms with Crippen LogP contribution in [0, 0.1) is 5.92 Å². The molecule has 0 spiro atoms. The highest BCUT2D eigenvalue weighted by molar-refractivity contribution is 5.80. The molecule has 5 nitrogen and oxygen atoms in total. The van der Waals surface area contributed by atoms with Gasteiger partial charge in [-0.3, -0.25) is 0 Å². The standard InChI is InChI=1S/C9H13NO4/c1-5-3-6(4-5)7(8(11)12)10-9(13)14-2/h6-7H,1,3-4H2,2H3,(H,10,13)(H,11,12). The Morgan fingerprint density at radius 1 is 1.64 bits per heavy atom. The van der Waals surface area contributed by atoms with Crippen LogP contribution in [0.25, 0.3) is 0 Å². The lowest BCUT2D eigenvalue weighted by Crippen LogP contribution is -2.48. The molecule has 0 aromatic heterocycles. The highest BCUT2D eigenvalue weighted by atomic mass is 16.5. The van der Waals surface area contributed by atoms with Crippen LogP contribution in [0.3, 0.4) is 0 Å². The molecule has 0 aromatic carbocycles. The number of carboxylic acids is 1. The quantitative estimate of drug-likeness (QED) is 0.658. The van der Waals surface area contributed by atoms with Crippen LogP contribution < -0.4 is 5.32 Å². The third-order valence-corrected chi connectivity index (χ3v) is 2.30. The molecule has 0 aromatic rings. The van der Waals surface area contributed by atoms with Gasteiger partial charge in [0, 0.05) is 0 Å². The number of carbonyl (C=O) groups is 2. The van der Waals surface area contributed by atoms with Gasteiger partial charge in [0.25, 0.3) is 0 Å². The summed E-state index contributed by atoms with van der Waals surface area (Å²) in [6.07, 6.45) is 0.594. The first-order valence-electron chi connectivity index (χ1n) is 4.28.